The van der Waals surface area contributed by atoms with Gasteiger partial charge in [-0.3, -0.25) is 0 Å². The van der Waals surface area contributed by atoms with Gasteiger partial charge in [-0.2, -0.15) is 0 Å². The van der Waals surface area contributed by atoms with E-state index in [1.165, 1.54) is 26.0 Å². The van der Waals surface area contributed by atoms with E-state index in [-0.39, 0.29) is 35.5 Å². The van der Waals surface area contributed by atoms with Crippen LogP contribution in [0.5, 0.6) is 0 Å². The summed E-state index contributed by atoms with van der Waals surface area (Å²) in [7, 11) is 2.37. The lowest BCUT2D eigenvalue weighted by Gasteiger charge is -2.34. The van der Waals surface area contributed by atoms with Crippen LogP contribution < -0.4 is 0 Å². The maximum absolute atomic E-state index is 13.0. The van der Waals surface area contributed by atoms with E-state index in [9.17, 15) is 19.2 Å². The van der Waals surface area contributed by atoms with E-state index in [1.54, 1.807) is 31.1 Å². The first-order chi connectivity index (χ1) is 13.8. The number of carbonyl (C=O) groups is 4. The monoisotopic (exact) mass is 423 g/mol. The molecule has 0 bridgehead atoms. The minimum atomic E-state index is -1.45. The van der Waals surface area contributed by atoms with E-state index in [1.807, 2.05) is 0 Å². The molecule has 3 aliphatic heterocycles. The molecule has 9 nitrogen and oxygen atoms in total. The largest absolute Gasteiger partial charge is 0.466 e. The molecule has 156 valence electrons. The van der Waals surface area contributed by atoms with Gasteiger partial charge in [0.2, 0.25) is 0 Å². The first-order valence-corrected chi connectivity index (χ1v) is 9.89. The second-order valence-electron chi connectivity index (χ2n) is 6.40. The Hall–Kier alpha value is -2.75. The van der Waals surface area contributed by atoms with Crippen molar-refractivity contribution in [1.82, 2.24) is 4.90 Å². The van der Waals surface area contributed by atoms with Gasteiger partial charge in [0.1, 0.15) is 10.9 Å². The molecule has 0 saturated heterocycles. The molecular weight excluding hydrogens is 402 g/mol. The minimum absolute atomic E-state index is 0.00144. The average molecular weight is 423 g/mol. The predicted molar refractivity (Wildman–Crippen MR) is 101 cm³/mol. The molecule has 0 fully saturated rings. The molecule has 0 amide bonds. The third-order valence-corrected chi connectivity index (χ3v) is 6.10. The standard InChI is InChI=1S/C19H21NO8S/c1-6-27-16(22)11-13(18(24)28-7-2)19(3)12(17(23)26-5)10(15(21)25-4)9-8-29-14(11)20(9)19/h8,14H,6-7H2,1-5H3. The smallest absolute Gasteiger partial charge is 0.340 e. The highest BCUT2D eigenvalue weighted by molar-refractivity contribution is 8.03. The number of hydrogen-bond donors (Lipinski definition) is 0. The molecule has 10 heteroatoms. The third kappa shape index (κ3) is 2.77. The van der Waals surface area contributed by atoms with Crippen LogP contribution in [0.2, 0.25) is 0 Å². The fourth-order valence-electron chi connectivity index (χ4n) is 3.98. The van der Waals surface area contributed by atoms with Gasteiger partial charge in [0.05, 0.1) is 55.4 Å². The zero-order valence-electron chi connectivity index (χ0n) is 16.7. The van der Waals surface area contributed by atoms with E-state index in [0.717, 1.165) is 0 Å². The van der Waals surface area contributed by atoms with Crippen LogP contribution in [0.3, 0.4) is 0 Å². The van der Waals surface area contributed by atoms with Gasteiger partial charge in [-0.05, 0) is 26.2 Å². The summed E-state index contributed by atoms with van der Waals surface area (Å²) in [5.74, 6) is -2.99. The molecular formula is C19H21NO8S. The molecule has 0 N–H and O–H groups in total. The number of rotatable bonds is 6. The van der Waals surface area contributed by atoms with Crippen molar-refractivity contribution in [2.24, 2.45) is 0 Å². The number of methoxy groups -OCH3 is 2. The number of ether oxygens (including phenoxy) is 4. The molecule has 0 aromatic heterocycles. The van der Waals surface area contributed by atoms with Crippen LogP contribution in [0.4, 0.5) is 0 Å². The Balaban J connectivity index is 2.34. The first-order valence-electron chi connectivity index (χ1n) is 8.95. The summed E-state index contributed by atoms with van der Waals surface area (Å²) in [6, 6.07) is 0. The van der Waals surface area contributed by atoms with Gasteiger partial charge < -0.3 is 23.8 Å². The molecule has 3 heterocycles. The lowest BCUT2D eigenvalue weighted by Crippen LogP contribution is -2.45. The van der Waals surface area contributed by atoms with Crippen LogP contribution in [-0.2, 0) is 38.1 Å². The SMILES string of the molecule is CCOC(=O)C1=C(C(=O)OCC)C2(C)C(C(=O)OC)=C(C(=O)OC)C3=CSC1N32. The Morgan fingerprint density at radius 2 is 1.55 bits per heavy atom. The topological polar surface area (TPSA) is 108 Å². The van der Waals surface area contributed by atoms with Gasteiger partial charge >= 0.3 is 23.9 Å². The predicted octanol–water partition coefficient (Wildman–Crippen LogP) is 1.05. The van der Waals surface area contributed by atoms with E-state index in [4.69, 9.17) is 18.9 Å². The summed E-state index contributed by atoms with van der Waals surface area (Å²) in [5, 5.41) is 1.00. The number of esters is 4. The van der Waals surface area contributed by atoms with Crippen molar-refractivity contribution < 1.29 is 38.1 Å². The van der Waals surface area contributed by atoms with Crippen LogP contribution in [0.15, 0.2) is 33.4 Å². The second kappa shape index (κ2) is 7.58. The molecule has 3 rings (SSSR count). The average Bonchev–Trinajstić information content (AvgIpc) is 3.31. The lowest BCUT2D eigenvalue weighted by molar-refractivity contribution is -0.142. The van der Waals surface area contributed by atoms with Crippen molar-refractivity contribution in [3.05, 3.63) is 33.4 Å². The minimum Gasteiger partial charge on any atom is -0.466 e. The normalized spacial score (nSPS) is 24.4. The van der Waals surface area contributed by atoms with Crippen molar-refractivity contribution in [3.8, 4) is 0 Å². The quantitative estimate of drug-likeness (QED) is 0.454. The molecule has 0 aromatic carbocycles. The number of hydrogen-bond acceptors (Lipinski definition) is 10. The highest BCUT2D eigenvalue weighted by atomic mass is 32.2. The van der Waals surface area contributed by atoms with E-state index in [2.05, 4.69) is 0 Å². The van der Waals surface area contributed by atoms with Crippen LogP contribution in [-0.4, -0.2) is 67.1 Å². The Labute approximate surface area is 171 Å². The fraction of sp³-hybridized carbons (Fsp3) is 0.474. The number of thioether (sulfide) groups is 1. The Bertz CT molecular complexity index is 902. The molecule has 2 unspecified atom stereocenters. The van der Waals surface area contributed by atoms with Gasteiger partial charge in [-0.1, -0.05) is 0 Å². The molecule has 2 atom stereocenters. The zero-order valence-corrected chi connectivity index (χ0v) is 17.5. The first kappa shape index (κ1) is 21.0. The Kier molecular flexibility index (Phi) is 5.48. The maximum atomic E-state index is 13.0. The maximum Gasteiger partial charge on any atom is 0.340 e. The second-order valence-corrected chi connectivity index (χ2v) is 7.35. The fourth-order valence-corrected chi connectivity index (χ4v) is 5.27. The Morgan fingerprint density at radius 1 is 0.966 bits per heavy atom. The summed E-state index contributed by atoms with van der Waals surface area (Å²) in [5.41, 5.74) is -1.09. The summed E-state index contributed by atoms with van der Waals surface area (Å²) in [6.07, 6.45) is 0. The molecule has 0 spiro atoms. The van der Waals surface area contributed by atoms with Crippen molar-refractivity contribution >= 4 is 35.6 Å². The zero-order chi connectivity index (χ0) is 21.5. The van der Waals surface area contributed by atoms with E-state index >= 15 is 0 Å². The van der Waals surface area contributed by atoms with E-state index in [0.29, 0.717) is 5.70 Å². The van der Waals surface area contributed by atoms with Gasteiger partial charge in [0.15, 0.2) is 0 Å². The van der Waals surface area contributed by atoms with Crippen molar-refractivity contribution in [2.45, 2.75) is 31.7 Å². The van der Waals surface area contributed by atoms with Crippen molar-refractivity contribution in [3.63, 3.8) is 0 Å². The summed E-state index contributed by atoms with van der Waals surface area (Å²) < 4.78 is 20.2. The molecule has 0 aromatic rings. The highest BCUT2D eigenvalue weighted by Crippen LogP contribution is 2.60. The lowest BCUT2D eigenvalue weighted by atomic mass is 9.83. The van der Waals surface area contributed by atoms with Gasteiger partial charge in [-0.25, -0.2) is 19.2 Å². The summed E-state index contributed by atoms with van der Waals surface area (Å²) >= 11 is 1.23. The van der Waals surface area contributed by atoms with Gasteiger partial charge in [0, 0.05) is 0 Å². The molecule has 0 saturated carbocycles. The molecule has 0 aliphatic carbocycles. The van der Waals surface area contributed by atoms with Gasteiger partial charge in [-0.15, -0.1) is 11.8 Å². The van der Waals surface area contributed by atoms with Crippen LogP contribution >= 0.6 is 11.8 Å². The molecule has 3 aliphatic rings. The number of nitrogens with zero attached hydrogens (tertiary/aromatic N) is 1. The summed E-state index contributed by atoms with van der Waals surface area (Å²) in [6.45, 7) is 5.05. The third-order valence-electron chi connectivity index (χ3n) is 5.03. The van der Waals surface area contributed by atoms with Crippen LogP contribution in [0, 0.1) is 0 Å². The van der Waals surface area contributed by atoms with E-state index < -0.39 is 34.8 Å². The number of carbonyl (C=O) groups excluding carboxylic acids is 4. The molecule has 29 heavy (non-hydrogen) atoms. The van der Waals surface area contributed by atoms with Crippen LogP contribution in [0.1, 0.15) is 20.8 Å². The van der Waals surface area contributed by atoms with Crippen molar-refractivity contribution in [1.29, 1.82) is 0 Å². The Morgan fingerprint density at radius 3 is 2.10 bits per heavy atom. The van der Waals surface area contributed by atoms with Gasteiger partial charge in [0.25, 0.3) is 0 Å². The highest BCUT2D eigenvalue weighted by Gasteiger charge is 2.66. The van der Waals surface area contributed by atoms with Crippen molar-refractivity contribution in [2.75, 3.05) is 27.4 Å². The molecule has 0 radical (unpaired) electrons. The van der Waals surface area contributed by atoms with Crippen LogP contribution in [0.25, 0.3) is 0 Å². The summed E-state index contributed by atoms with van der Waals surface area (Å²) in [4.78, 5) is 52.7.